The lowest BCUT2D eigenvalue weighted by Gasteiger charge is -2.23. The molecule has 2 heterocycles. The van der Waals surface area contributed by atoms with Crippen molar-refractivity contribution in [2.45, 2.75) is 18.9 Å². The third-order valence-electron chi connectivity index (χ3n) is 3.45. The number of hydrogen-bond acceptors (Lipinski definition) is 3. The number of pyridine rings is 1. The molecule has 3 rings (SSSR count). The van der Waals surface area contributed by atoms with Gasteiger partial charge in [0.2, 0.25) is 0 Å². The fourth-order valence-corrected chi connectivity index (χ4v) is 2.46. The SMILES string of the molecule is CNC(C1=CCCCO1)c1ccc2ccccc2n1. The molecule has 1 aliphatic rings. The van der Waals surface area contributed by atoms with Crippen molar-refractivity contribution in [3.63, 3.8) is 0 Å². The Morgan fingerprint density at radius 2 is 2.11 bits per heavy atom. The fourth-order valence-electron chi connectivity index (χ4n) is 2.46. The average Bonchev–Trinajstić information content (AvgIpc) is 2.49. The zero-order chi connectivity index (χ0) is 13.1. The van der Waals surface area contributed by atoms with E-state index < -0.39 is 0 Å². The first-order chi connectivity index (χ1) is 9.38. The van der Waals surface area contributed by atoms with Gasteiger partial charge in [0.05, 0.1) is 17.8 Å². The molecule has 19 heavy (non-hydrogen) atoms. The molecule has 0 aliphatic carbocycles. The second kappa shape index (κ2) is 5.41. The molecule has 1 unspecified atom stereocenters. The minimum absolute atomic E-state index is 0.0462. The Morgan fingerprint density at radius 3 is 2.89 bits per heavy atom. The largest absolute Gasteiger partial charge is 0.496 e. The van der Waals surface area contributed by atoms with E-state index in [1.54, 1.807) is 0 Å². The highest BCUT2D eigenvalue weighted by Gasteiger charge is 2.19. The summed E-state index contributed by atoms with van der Waals surface area (Å²) < 4.78 is 5.76. The molecule has 0 bridgehead atoms. The van der Waals surface area contributed by atoms with Gasteiger partial charge in [-0.3, -0.25) is 4.98 Å². The van der Waals surface area contributed by atoms with Crippen molar-refractivity contribution in [2.75, 3.05) is 13.7 Å². The van der Waals surface area contributed by atoms with Crippen molar-refractivity contribution in [3.05, 3.63) is 53.9 Å². The standard InChI is InChI=1S/C16H18N2O/c1-17-16(15-8-4-5-11-19-15)14-10-9-12-6-2-3-7-13(12)18-14/h2-3,6-10,16-17H,4-5,11H2,1H3. The van der Waals surface area contributed by atoms with Gasteiger partial charge in [-0.1, -0.05) is 24.3 Å². The Hall–Kier alpha value is -1.87. The van der Waals surface area contributed by atoms with E-state index in [4.69, 9.17) is 9.72 Å². The highest BCUT2D eigenvalue weighted by molar-refractivity contribution is 5.78. The Morgan fingerprint density at radius 1 is 1.21 bits per heavy atom. The summed E-state index contributed by atoms with van der Waals surface area (Å²) in [6, 6.07) is 12.4. The van der Waals surface area contributed by atoms with Crippen LogP contribution in [-0.4, -0.2) is 18.6 Å². The number of nitrogens with one attached hydrogen (secondary N) is 1. The van der Waals surface area contributed by atoms with E-state index in [2.05, 4.69) is 29.6 Å². The lowest BCUT2D eigenvalue weighted by molar-refractivity contribution is 0.169. The summed E-state index contributed by atoms with van der Waals surface area (Å²) in [5, 5.41) is 4.46. The smallest absolute Gasteiger partial charge is 0.115 e. The molecule has 3 nitrogen and oxygen atoms in total. The summed E-state index contributed by atoms with van der Waals surface area (Å²) >= 11 is 0. The molecule has 0 radical (unpaired) electrons. The number of benzene rings is 1. The van der Waals surface area contributed by atoms with Crippen molar-refractivity contribution < 1.29 is 4.74 Å². The first kappa shape index (κ1) is 12.2. The summed E-state index contributed by atoms with van der Waals surface area (Å²) in [4.78, 5) is 4.74. The monoisotopic (exact) mass is 254 g/mol. The minimum Gasteiger partial charge on any atom is -0.496 e. The third-order valence-corrected chi connectivity index (χ3v) is 3.45. The van der Waals surface area contributed by atoms with Crippen molar-refractivity contribution in [3.8, 4) is 0 Å². The molecule has 1 atom stereocenters. The van der Waals surface area contributed by atoms with Crippen LogP contribution in [0.25, 0.3) is 10.9 Å². The van der Waals surface area contributed by atoms with Crippen LogP contribution in [-0.2, 0) is 4.74 Å². The number of likely N-dealkylation sites (N-methyl/N-ethyl adjacent to an activating group) is 1. The van der Waals surface area contributed by atoms with Crippen LogP contribution in [0.4, 0.5) is 0 Å². The topological polar surface area (TPSA) is 34.1 Å². The predicted octanol–water partition coefficient (Wildman–Crippen LogP) is 3.19. The Balaban J connectivity index is 1.98. The van der Waals surface area contributed by atoms with E-state index in [0.29, 0.717) is 0 Å². The Bertz CT molecular complexity index is 606. The van der Waals surface area contributed by atoms with Crippen LogP contribution in [0.15, 0.2) is 48.2 Å². The maximum Gasteiger partial charge on any atom is 0.115 e. The number of ether oxygens (including phenoxy) is 1. The van der Waals surface area contributed by atoms with Crippen molar-refractivity contribution in [2.24, 2.45) is 0 Å². The van der Waals surface area contributed by atoms with E-state index in [1.165, 1.54) is 5.39 Å². The van der Waals surface area contributed by atoms with Crippen LogP contribution in [0.2, 0.25) is 0 Å². The van der Waals surface area contributed by atoms with E-state index in [9.17, 15) is 0 Å². The van der Waals surface area contributed by atoms with Gasteiger partial charge in [0, 0.05) is 5.39 Å². The number of aromatic nitrogens is 1. The maximum absolute atomic E-state index is 5.76. The van der Waals surface area contributed by atoms with Gasteiger partial charge >= 0.3 is 0 Å². The number of para-hydroxylation sites is 1. The lowest BCUT2D eigenvalue weighted by atomic mass is 10.1. The van der Waals surface area contributed by atoms with Gasteiger partial charge < -0.3 is 10.1 Å². The summed E-state index contributed by atoms with van der Waals surface area (Å²) in [5.74, 6) is 0.997. The number of rotatable bonds is 3. The molecular weight excluding hydrogens is 236 g/mol. The summed E-state index contributed by atoms with van der Waals surface area (Å²) in [6.07, 6.45) is 4.35. The molecule has 0 saturated carbocycles. The molecule has 0 spiro atoms. The summed E-state index contributed by atoms with van der Waals surface area (Å²) in [7, 11) is 1.94. The number of hydrogen-bond donors (Lipinski definition) is 1. The zero-order valence-electron chi connectivity index (χ0n) is 11.1. The molecule has 0 fully saturated rings. The second-order valence-electron chi connectivity index (χ2n) is 4.75. The van der Waals surface area contributed by atoms with Crippen molar-refractivity contribution in [1.29, 1.82) is 0 Å². The molecule has 0 saturated heterocycles. The normalized spacial score (nSPS) is 16.8. The first-order valence-corrected chi connectivity index (χ1v) is 6.74. The van der Waals surface area contributed by atoms with Crippen LogP contribution in [0, 0.1) is 0 Å². The second-order valence-corrected chi connectivity index (χ2v) is 4.75. The zero-order valence-corrected chi connectivity index (χ0v) is 11.1. The highest BCUT2D eigenvalue weighted by atomic mass is 16.5. The first-order valence-electron chi connectivity index (χ1n) is 6.74. The van der Waals surface area contributed by atoms with Gasteiger partial charge in [-0.05, 0) is 38.1 Å². The Labute approximate surface area is 113 Å². The van der Waals surface area contributed by atoms with Crippen molar-refractivity contribution >= 4 is 10.9 Å². The van der Waals surface area contributed by atoms with Crippen LogP contribution in [0.5, 0.6) is 0 Å². The molecule has 1 aromatic carbocycles. The number of fused-ring (bicyclic) bond motifs is 1. The van der Waals surface area contributed by atoms with Crippen LogP contribution >= 0.6 is 0 Å². The van der Waals surface area contributed by atoms with Gasteiger partial charge in [0.25, 0.3) is 0 Å². The number of allylic oxidation sites excluding steroid dienone is 1. The molecule has 3 heteroatoms. The van der Waals surface area contributed by atoms with Crippen LogP contribution in [0.1, 0.15) is 24.6 Å². The molecule has 0 amide bonds. The van der Waals surface area contributed by atoms with E-state index >= 15 is 0 Å². The lowest BCUT2D eigenvalue weighted by Crippen LogP contribution is -2.23. The van der Waals surface area contributed by atoms with Gasteiger partial charge in [0.1, 0.15) is 11.8 Å². The maximum atomic E-state index is 5.76. The highest BCUT2D eigenvalue weighted by Crippen LogP contribution is 2.25. The van der Waals surface area contributed by atoms with E-state index in [-0.39, 0.29) is 6.04 Å². The van der Waals surface area contributed by atoms with Gasteiger partial charge in [-0.15, -0.1) is 0 Å². The van der Waals surface area contributed by atoms with Gasteiger partial charge in [-0.2, -0.15) is 0 Å². The third kappa shape index (κ3) is 2.47. The fraction of sp³-hybridized carbons (Fsp3) is 0.312. The quantitative estimate of drug-likeness (QED) is 0.913. The Kier molecular flexibility index (Phi) is 3.47. The predicted molar refractivity (Wildman–Crippen MR) is 76.8 cm³/mol. The van der Waals surface area contributed by atoms with Gasteiger partial charge in [0.15, 0.2) is 0 Å². The summed E-state index contributed by atoms with van der Waals surface area (Å²) in [5.41, 5.74) is 2.03. The average molecular weight is 254 g/mol. The van der Waals surface area contributed by atoms with E-state index in [1.807, 2.05) is 25.2 Å². The molecular formula is C16H18N2O. The number of nitrogens with zero attached hydrogens (tertiary/aromatic N) is 1. The molecule has 1 aromatic heterocycles. The van der Waals surface area contributed by atoms with Crippen LogP contribution in [0.3, 0.4) is 0 Å². The summed E-state index contributed by atoms with van der Waals surface area (Å²) in [6.45, 7) is 0.803. The van der Waals surface area contributed by atoms with Crippen molar-refractivity contribution in [1.82, 2.24) is 10.3 Å². The van der Waals surface area contributed by atoms with Crippen LogP contribution < -0.4 is 5.32 Å². The molecule has 2 aromatic rings. The van der Waals surface area contributed by atoms with Gasteiger partial charge in [-0.25, -0.2) is 0 Å². The minimum atomic E-state index is 0.0462. The molecule has 1 N–H and O–H groups in total. The van der Waals surface area contributed by atoms with E-state index in [0.717, 1.165) is 36.4 Å². The molecule has 98 valence electrons. The molecule has 1 aliphatic heterocycles.